The average molecular weight is 863 g/mol. The van der Waals surface area contributed by atoms with Crippen LogP contribution in [0, 0.1) is 90.0 Å². The van der Waals surface area contributed by atoms with Crippen LogP contribution in [0.5, 0.6) is 0 Å². The molecule has 0 fully saturated rings. The lowest BCUT2D eigenvalue weighted by molar-refractivity contribution is -0.661. The number of hydrogen-bond acceptors (Lipinski definition) is 0. The van der Waals surface area contributed by atoms with Gasteiger partial charge in [0.15, 0.2) is 24.8 Å². The second kappa shape index (κ2) is 21.9. The van der Waals surface area contributed by atoms with Crippen LogP contribution in [-0.2, 0) is 28.2 Å². The molecule has 4 heterocycles. The molecule has 0 unspecified atom stereocenters. The van der Waals surface area contributed by atoms with Crippen LogP contribution in [-0.4, -0.2) is 0 Å². The van der Waals surface area contributed by atoms with Gasteiger partial charge < -0.3 is 0 Å². The maximum Gasteiger partial charge on any atom is 0.215 e. The Bertz CT molecular complexity index is 2930. The van der Waals surface area contributed by atoms with E-state index in [0.29, 0.717) is 0 Å². The van der Waals surface area contributed by atoms with Crippen molar-refractivity contribution < 1.29 is 18.3 Å². The Morgan fingerprint density at radius 2 is 0.692 bits per heavy atom. The first kappa shape index (κ1) is 49.5. The Kier molecular flexibility index (Phi) is 16.7. The predicted molar refractivity (Wildman–Crippen MR) is 274 cm³/mol. The van der Waals surface area contributed by atoms with Gasteiger partial charge in [0.25, 0.3) is 0 Å². The van der Waals surface area contributed by atoms with Gasteiger partial charge in [-0.05, 0) is 159 Å². The van der Waals surface area contributed by atoms with Gasteiger partial charge in [0.05, 0.1) is 0 Å². The summed E-state index contributed by atoms with van der Waals surface area (Å²) in [7, 11) is 8.45. The lowest BCUT2D eigenvalue weighted by Crippen LogP contribution is -2.33. The molecule has 0 saturated carbocycles. The van der Waals surface area contributed by atoms with Crippen molar-refractivity contribution in [3.63, 3.8) is 0 Å². The van der Waals surface area contributed by atoms with Gasteiger partial charge in [0.2, 0.25) is 22.8 Å². The first-order valence-electron chi connectivity index (χ1n) is 22.9. The molecule has 0 saturated heterocycles. The number of hydrogen-bond donors (Lipinski definition) is 0. The zero-order valence-electron chi connectivity index (χ0n) is 42.6. The standard InChI is InChI=1S/C16H20N.3C15H18N/c1-11-8-6-7-9-15(11)16-14(4)13(3)12(2)10-17(16)5;1-11-9-13(3)15(16(4)10-11)14-8-6-5-7-12(14)2;1-11-7-5-6-8-14(11)15-9-12(2)13(3)10-16(15)4;1-11-9-10-16(4)15(13(11)3)14-8-6-5-7-12(14)2/h6-10H,1-5H3;3*5-10H,1-4H3/q4*+1. The van der Waals surface area contributed by atoms with Gasteiger partial charge in [-0.25, -0.2) is 18.3 Å². The van der Waals surface area contributed by atoms with Crippen molar-refractivity contribution in [3.8, 4) is 45.0 Å². The van der Waals surface area contributed by atoms with Gasteiger partial charge in [0.1, 0.15) is 28.2 Å². The van der Waals surface area contributed by atoms with E-state index in [1.807, 2.05) is 0 Å². The highest BCUT2D eigenvalue weighted by Crippen LogP contribution is 2.27. The highest BCUT2D eigenvalue weighted by Gasteiger charge is 2.20. The van der Waals surface area contributed by atoms with E-state index in [2.05, 4.69) is 277 Å². The van der Waals surface area contributed by atoms with Gasteiger partial charge in [-0.1, -0.05) is 72.8 Å². The molecule has 8 aromatic rings. The summed E-state index contributed by atoms with van der Waals surface area (Å²) in [6, 6.07) is 40.8. The number of benzene rings is 4. The molecule has 0 aliphatic carbocycles. The minimum Gasteiger partial charge on any atom is -0.201 e. The largest absolute Gasteiger partial charge is 0.215 e. The van der Waals surface area contributed by atoms with Crippen LogP contribution in [0.2, 0.25) is 0 Å². The van der Waals surface area contributed by atoms with E-state index in [9.17, 15) is 0 Å². The highest BCUT2D eigenvalue weighted by atomic mass is 14.9. The van der Waals surface area contributed by atoms with Crippen molar-refractivity contribution in [3.05, 3.63) is 212 Å². The van der Waals surface area contributed by atoms with Crippen LogP contribution in [0.3, 0.4) is 0 Å². The molecule has 0 spiro atoms. The summed E-state index contributed by atoms with van der Waals surface area (Å²) in [6.45, 7) is 28.2. The summed E-state index contributed by atoms with van der Waals surface area (Å²) in [4.78, 5) is 0. The summed E-state index contributed by atoms with van der Waals surface area (Å²) in [5.74, 6) is 0. The fourth-order valence-corrected chi connectivity index (χ4v) is 8.87. The molecule has 0 N–H and O–H groups in total. The Labute approximate surface area is 392 Å². The van der Waals surface area contributed by atoms with Crippen LogP contribution >= 0.6 is 0 Å². The fourth-order valence-electron chi connectivity index (χ4n) is 8.87. The van der Waals surface area contributed by atoms with Crippen molar-refractivity contribution in [2.75, 3.05) is 0 Å². The fraction of sp³-hybridized carbons (Fsp3) is 0.279. The van der Waals surface area contributed by atoms with Crippen LogP contribution in [0.4, 0.5) is 0 Å². The van der Waals surface area contributed by atoms with E-state index in [4.69, 9.17) is 0 Å². The summed E-state index contributed by atoms with van der Waals surface area (Å²) in [6.07, 6.45) is 8.71. The van der Waals surface area contributed by atoms with Crippen LogP contribution < -0.4 is 18.3 Å². The maximum atomic E-state index is 2.26. The minimum absolute atomic E-state index is 1.28. The first-order valence-corrected chi connectivity index (χ1v) is 22.9. The maximum absolute atomic E-state index is 2.26. The van der Waals surface area contributed by atoms with E-state index < -0.39 is 0 Å². The lowest BCUT2D eigenvalue weighted by atomic mass is 9.97. The zero-order valence-corrected chi connectivity index (χ0v) is 42.6. The molecule has 4 aromatic heterocycles. The summed E-state index contributed by atoms with van der Waals surface area (Å²) in [5.41, 5.74) is 27.9. The van der Waals surface area contributed by atoms with Crippen LogP contribution in [0.25, 0.3) is 45.0 Å². The van der Waals surface area contributed by atoms with Gasteiger partial charge in [-0.2, -0.15) is 0 Å². The lowest BCUT2D eigenvalue weighted by Gasteiger charge is -2.10. The molecule has 0 atom stereocenters. The summed E-state index contributed by atoms with van der Waals surface area (Å²) in [5, 5.41) is 0. The van der Waals surface area contributed by atoms with Crippen LogP contribution in [0.15, 0.2) is 140 Å². The van der Waals surface area contributed by atoms with E-state index in [1.54, 1.807) is 0 Å². The number of nitrogens with zero attached hydrogens (tertiary/aromatic N) is 4. The molecule has 4 nitrogen and oxygen atoms in total. The van der Waals surface area contributed by atoms with E-state index in [0.717, 1.165) is 0 Å². The topological polar surface area (TPSA) is 15.5 Å². The molecule has 8 rings (SSSR count). The van der Waals surface area contributed by atoms with Crippen molar-refractivity contribution in [1.29, 1.82) is 0 Å². The van der Waals surface area contributed by atoms with Crippen molar-refractivity contribution in [1.82, 2.24) is 0 Å². The van der Waals surface area contributed by atoms with Gasteiger partial charge in [0, 0.05) is 67.8 Å². The molecule has 334 valence electrons. The second-order valence-electron chi connectivity index (χ2n) is 18.2. The van der Waals surface area contributed by atoms with Crippen molar-refractivity contribution in [2.45, 2.75) is 90.0 Å². The number of rotatable bonds is 4. The molecule has 4 heteroatoms. The molecule has 0 amide bonds. The average Bonchev–Trinajstić information content (AvgIpc) is 3.25. The second-order valence-corrected chi connectivity index (χ2v) is 18.2. The van der Waals surface area contributed by atoms with Gasteiger partial charge in [-0.3, -0.25) is 0 Å². The molecule has 65 heavy (non-hydrogen) atoms. The van der Waals surface area contributed by atoms with Crippen molar-refractivity contribution >= 4 is 0 Å². The highest BCUT2D eigenvalue weighted by molar-refractivity contribution is 5.67. The smallest absolute Gasteiger partial charge is 0.201 e. The SMILES string of the molecule is Cc1cc(-c2ccccc2C)[n+](C)cc1C.Cc1cc(C)c(-c2ccccc2C)[n+](C)c1.Cc1ccccc1-c1c(C)c(C)c(C)c[n+]1C.Cc1ccccc1-c1c(C)c(C)cc[n+]1C. The number of aromatic nitrogens is 4. The number of pyridine rings is 4. The summed E-state index contributed by atoms with van der Waals surface area (Å²) >= 11 is 0. The molecule has 0 bridgehead atoms. The Balaban J connectivity index is 0.000000163. The minimum atomic E-state index is 1.28. The normalized spacial score (nSPS) is 10.5. The third kappa shape index (κ3) is 11.8. The summed E-state index contributed by atoms with van der Waals surface area (Å²) < 4.78 is 8.85. The Hall–Kier alpha value is -6.52. The monoisotopic (exact) mass is 863 g/mol. The number of aryl methyl sites for hydroxylation is 14. The zero-order chi connectivity index (χ0) is 47.7. The molecule has 4 aromatic carbocycles. The molecular weight excluding hydrogens is 789 g/mol. The van der Waals surface area contributed by atoms with E-state index >= 15 is 0 Å². The molecule has 0 aliphatic rings. The Morgan fingerprint density at radius 3 is 1.17 bits per heavy atom. The van der Waals surface area contributed by atoms with Crippen LogP contribution in [0.1, 0.15) is 72.3 Å². The molecule has 0 aliphatic heterocycles. The van der Waals surface area contributed by atoms with Gasteiger partial charge in [-0.15, -0.1) is 0 Å². The van der Waals surface area contributed by atoms with E-state index in [-0.39, 0.29) is 0 Å². The van der Waals surface area contributed by atoms with Gasteiger partial charge >= 0.3 is 0 Å². The quantitative estimate of drug-likeness (QED) is 0.157. The van der Waals surface area contributed by atoms with E-state index in [1.165, 1.54) is 117 Å². The predicted octanol–water partition coefficient (Wildman–Crippen LogP) is 12.7. The molecular formula is C61H74N4+4. The third-order valence-electron chi connectivity index (χ3n) is 13.0. The third-order valence-corrected chi connectivity index (χ3v) is 13.0. The van der Waals surface area contributed by atoms with Crippen molar-refractivity contribution in [2.24, 2.45) is 28.2 Å². The molecule has 0 radical (unpaired) electrons. The Morgan fingerprint density at radius 1 is 0.277 bits per heavy atom. The first-order chi connectivity index (χ1) is 30.8.